The van der Waals surface area contributed by atoms with Gasteiger partial charge in [0.15, 0.2) is 5.76 Å². The zero-order valence-electron chi connectivity index (χ0n) is 18.6. The lowest BCUT2D eigenvalue weighted by Crippen LogP contribution is -2.35. The lowest BCUT2D eigenvalue weighted by atomic mass is 10.1. The third kappa shape index (κ3) is 4.91. The van der Waals surface area contributed by atoms with Crippen molar-refractivity contribution in [1.29, 1.82) is 0 Å². The molecule has 5 rings (SSSR count). The number of benzene rings is 2. The van der Waals surface area contributed by atoms with Crippen molar-refractivity contribution in [1.82, 2.24) is 20.1 Å². The smallest absolute Gasteiger partial charge is 0.256 e. The molecule has 8 heteroatoms. The second-order valence-electron chi connectivity index (χ2n) is 8.37. The van der Waals surface area contributed by atoms with Crippen LogP contribution in [0.3, 0.4) is 0 Å². The summed E-state index contributed by atoms with van der Waals surface area (Å²) in [6.45, 7) is 0.113. The van der Waals surface area contributed by atoms with Gasteiger partial charge in [-0.3, -0.25) is 14.3 Å². The molecule has 2 heterocycles. The fourth-order valence-corrected chi connectivity index (χ4v) is 4.21. The van der Waals surface area contributed by atoms with E-state index < -0.39 is 0 Å². The van der Waals surface area contributed by atoms with Gasteiger partial charge >= 0.3 is 0 Å². The van der Waals surface area contributed by atoms with E-state index in [4.69, 9.17) is 4.42 Å². The van der Waals surface area contributed by atoms with Gasteiger partial charge in [0, 0.05) is 23.4 Å². The molecular formula is C26H25N5O3. The minimum absolute atomic E-state index is 0.0728. The molecule has 1 aliphatic carbocycles. The summed E-state index contributed by atoms with van der Waals surface area (Å²) >= 11 is 0. The quantitative estimate of drug-likeness (QED) is 0.427. The fraction of sp³-hybridized carbons (Fsp3) is 0.231. The Kier molecular flexibility index (Phi) is 6.20. The summed E-state index contributed by atoms with van der Waals surface area (Å²) in [4.78, 5) is 29.7. The Morgan fingerprint density at radius 2 is 1.76 bits per heavy atom. The zero-order chi connectivity index (χ0) is 23.3. The van der Waals surface area contributed by atoms with Crippen LogP contribution in [0.4, 0.5) is 5.69 Å². The maximum atomic E-state index is 13.0. The molecule has 2 N–H and O–H groups in total. The number of nitrogens with one attached hydrogen (secondary N) is 2. The fourth-order valence-electron chi connectivity index (χ4n) is 4.21. The molecule has 0 unspecified atom stereocenters. The average molecular weight is 456 g/mol. The number of amides is 2. The number of anilines is 1. The molecule has 2 aromatic heterocycles. The molecule has 2 amide bonds. The van der Waals surface area contributed by atoms with Crippen molar-refractivity contribution in [3.05, 3.63) is 78.8 Å². The minimum atomic E-state index is -0.315. The van der Waals surface area contributed by atoms with Crippen LogP contribution in [0.5, 0.6) is 0 Å². The van der Waals surface area contributed by atoms with Gasteiger partial charge in [0.25, 0.3) is 5.91 Å². The van der Waals surface area contributed by atoms with Crippen LogP contribution in [0, 0.1) is 0 Å². The van der Waals surface area contributed by atoms with E-state index >= 15 is 0 Å². The van der Waals surface area contributed by atoms with Gasteiger partial charge in [-0.2, -0.15) is 5.10 Å². The highest BCUT2D eigenvalue weighted by Crippen LogP contribution is 2.28. The van der Waals surface area contributed by atoms with Crippen LogP contribution in [-0.2, 0) is 11.3 Å². The molecule has 172 valence electrons. The molecule has 0 aliphatic heterocycles. The minimum Gasteiger partial charge on any atom is -0.436 e. The summed E-state index contributed by atoms with van der Waals surface area (Å²) < 4.78 is 7.47. The summed E-state index contributed by atoms with van der Waals surface area (Å²) in [5.74, 6) is 0.605. The molecule has 1 aliphatic rings. The van der Waals surface area contributed by atoms with E-state index in [9.17, 15) is 9.59 Å². The van der Waals surface area contributed by atoms with Gasteiger partial charge in [-0.05, 0) is 25.0 Å². The van der Waals surface area contributed by atoms with Gasteiger partial charge in [-0.15, -0.1) is 0 Å². The second-order valence-corrected chi connectivity index (χ2v) is 8.37. The lowest BCUT2D eigenvalue weighted by molar-refractivity contribution is -0.122. The second kappa shape index (κ2) is 9.74. The summed E-state index contributed by atoms with van der Waals surface area (Å²) in [5, 5.41) is 10.1. The van der Waals surface area contributed by atoms with E-state index in [1.807, 2.05) is 36.4 Å². The zero-order valence-corrected chi connectivity index (χ0v) is 18.6. The first kappa shape index (κ1) is 21.6. The van der Waals surface area contributed by atoms with Crippen molar-refractivity contribution in [3.63, 3.8) is 0 Å². The molecular weight excluding hydrogens is 430 g/mol. The number of rotatable bonds is 7. The molecule has 0 saturated heterocycles. The number of hydrogen-bond donors (Lipinski definition) is 2. The Bertz CT molecular complexity index is 1290. The van der Waals surface area contributed by atoms with Crippen LogP contribution >= 0.6 is 0 Å². The van der Waals surface area contributed by atoms with E-state index in [0.29, 0.717) is 28.5 Å². The number of hydrogen-bond acceptors (Lipinski definition) is 5. The van der Waals surface area contributed by atoms with E-state index in [-0.39, 0.29) is 24.4 Å². The topological polar surface area (TPSA) is 102 Å². The standard InChI is InChI=1S/C26H25N5O3/c32-24(29-19-10-4-5-11-19)17-31-16-20(14-28-31)30-25(33)21-12-6-7-13-22(21)26-27-15-23(34-26)18-8-2-1-3-9-18/h1-3,6-9,12-16,19H,4-5,10-11,17H2,(H,29,32)(H,30,33). The van der Waals surface area contributed by atoms with Gasteiger partial charge in [0.2, 0.25) is 11.8 Å². The summed E-state index contributed by atoms with van der Waals surface area (Å²) in [6.07, 6.45) is 9.21. The highest BCUT2D eigenvalue weighted by molar-refractivity contribution is 6.08. The number of carbonyl (C=O) groups is 2. The third-order valence-corrected chi connectivity index (χ3v) is 5.88. The highest BCUT2D eigenvalue weighted by Gasteiger charge is 2.19. The molecule has 0 atom stereocenters. The molecule has 4 aromatic rings. The predicted molar refractivity (Wildman–Crippen MR) is 128 cm³/mol. The SMILES string of the molecule is O=C(Cn1cc(NC(=O)c2ccccc2-c2ncc(-c3ccccc3)o2)cn1)NC1CCCC1. The number of carbonyl (C=O) groups excluding carboxylic acids is 2. The predicted octanol–water partition coefficient (Wildman–Crippen LogP) is 4.52. The van der Waals surface area contributed by atoms with Crippen LogP contribution in [0.15, 0.2) is 77.6 Å². The van der Waals surface area contributed by atoms with E-state index in [1.54, 1.807) is 30.6 Å². The molecule has 1 fully saturated rings. The van der Waals surface area contributed by atoms with Crippen LogP contribution in [0.25, 0.3) is 22.8 Å². The van der Waals surface area contributed by atoms with Crippen molar-refractivity contribution < 1.29 is 14.0 Å². The van der Waals surface area contributed by atoms with Crippen molar-refractivity contribution in [2.75, 3.05) is 5.32 Å². The molecule has 2 aromatic carbocycles. The van der Waals surface area contributed by atoms with Crippen molar-refractivity contribution >= 4 is 17.5 Å². The van der Waals surface area contributed by atoms with E-state index in [2.05, 4.69) is 20.7 Å². The van der Waals surface area contributed by atoms with Gasteiger partial charge in [0.1, 0.15) is 6.54 Å². The van der Waals surface area contributed by atoms with Gasteiger partial charge < -0.3 is 15.1 Å². The van der Waals surface area contributed by atoms with Crippen LogP contribution in [0.1, 0.15) is 36.0 Å². The van der Waals surface area contributed by atoms with Crippen LogP contribution in [-0.4, -0.2) is 32.6 Å². The van der Waals surface area contributed by atoms with Gasteiger partial charge in [0.05, 0.1) is 23.6 Å². The van der Waals surface area contributed by atoms with Crippen LogP contribution < -0.4 is 10.6 Å². The average Bonchev–Trinajstić information content (AvgIpc) is 3.62. The Morgan fingerprint density at radius 1 is 1.00 bits per heavy atom. The van der Waals surface area contributed by atoms with Crippen molar-refractivity contribution in [2.45, 2.75) is 38.3 Å². The van der Waals surface area contributed by atoms with E-state index in [0.717, 1.165) is 31.2 Å². The Hall–Kier alpha value is -4.20. The number of nitrogens with zero attached hydrogens (tertiary/aromatic N) is 3. The van der Waals surface area contributed by atoms with Gasteiger partial charge in [-0.1, -0.05) is 55.3 Å². The Balaban J connectivity index is 1.27. The largest absolute Gasteiger partial charge is 0.436 e. The monoisotopic (exact) mass is 455 g/mol. The van der Waals surface area contributed by atoms with Crippen LogP contribution in [0.2, 0.25) is 0 Å². The van der Waals surface area contributed by atoms with Crippen molar-refractivity contribution in [2.24, 2.45) is 0 Å². The molecule has 0 radical (unpaired) electrons. The number of aromatic nitrogens is 3. The molecule has 8 nitrogen and oxygen atoms in total. The maximum Gasteiger partial charge on any atom is 0.256 e. The highest BCUT2D eigenvalue weighted by atomic mass is 16.4. The molecule has 1 saturated carbocycles. The maximum absolute atomic E-state index is 13.0. The third-order valence-electron chi connectivity index (χ3n) is 5.88. The molecule has 34 heavy (non-hydrogen) atoms. The Morgan fingerprint density at radius 3 is 2.59 bits per heavy atom. The first-order chi connectivity index (χ1) is 16.7. The lowest BCUT2D eigenvalue weighted by Gasteiger charge is -2.11. The van der Waals surface area contributed by atoms with E-state index in [1.165, 1.54) is 10.9 Å². The number of oxazole rings is 1. The summed E-state index contributed by atoms with van der Waals surface area (Å²) in [5.41, 5.74) is 2.43. The normalized spacial score (nSPS) is 13.6. The Labute approximate surface area is 197 Å². The molecule has 0 spiro atoms. The summed E-state index contributed by atoms with van der Waals surface area (Å²) in [6, 6.07) is 17.1. The van der Waals surface area contributed by atoms with Crippen molar-refractivity contribution in [3.8, 4) is 22.8 Å². The van der Waals surface area contributed by atoms with Gasteiger partial charge in [-0.25, -0.2) is 4.98 Å². The first-order valence-corrected chi connectivity index (χ1v) is 11.4. The molecule has 0 bridgehead atoms. The first-order valence-electron chi connectivity index (χ1n) is 11.4. The summed E-state index contributed by atoms with van der Waals surface area (Å²) in [7, 11) is 0.